The zero-order chi connectivity index (χ0) is 18.1. The van der Waals surface area contributed by atoms with Crippen LogP contribution in [0.4, 0.5) is 0 Å². The molecule has 4 rings (SSSR count). The number of nitrogens with one attached hydrogen (secondary N) is 1. The summed E-state index contributed by atoms with van der Waals surface area (Å²) in [6, 6.07) is 16.4. The van der Waals surface area contributed by atoms with Crippen LogP contribution >= 0.6 is 0 Å². The quantitative estimate of drug-likeness (QED) is 0.739. The second-order valence-corrected chi connectivity index (χ2v) is 7.25. The van der Waals surface area contributed by atoms with Crippen LogP contribution in [0.2, 0.25) is 0 Å². The van der Waals surface area contributed by atoms with E-state index in [0.717, 1.165) is 42.6 Å². The summed E-state index contributed by atoms with van der Waals surface area (Å²) in [6.45, 7) is 7.06. The van der Waals surface area contributed by atoms with Crippen molar-refractivity contribution in [1.29, 1.82) is 0 Å². The fraction of sp³-hybridized carbons (Fsp3) is 0.261. The lowest BCUT2D eigenvalue weighted by Crippen LogP contribution is -3.11. The molecule has 3 nitrogen and oxygen atoms in total. The SMILES string of the molecule is Cc1cc2oc(=O)cc(C[NH+]3CC=C(c4ccccc4)CC3)c2cc1C. The average Bonchev–Trinajstić information content (AvgIpc) is 2.65. The molecule has 0 saturated carbocycles. The Morgan fingerprint density at radius 1 is 1.04 bits per heavy atom. The van der Waals surface area contributed by atoms with E-state index in [9.17, 15) is 4.79 Å². The van der Waals surface area contributed by atoms with Gasteiger partial charge in [-0.1, -0.05) is 30.3 Å². The lowest BCUT2D eigenvalue weighted by atomic mass is 9.98. The summed E-state index contributed by atoms with van der Waals surface area (Å²) in [5, 5.41) is 1.07. The molecule has 2 aromatic carbocycles. The molecule has 1 atom stereocenters. The number of benzene rings is 2. The van der Waals surface area contributed by atoms with Gasteiger partial charge in [-0.05, 0) is 54.3 Å². The van der Waals surface area contributed by atoms with Gasteiger partial charge in [0.1, 0.15) is 12.1 Å². The van der Waals surface area contributed by atoms with Crippen LogP contribution in [0, 0.1) is 13.8 Å². The second kappa shape index (κ2) is 6.93. The predicted molar refractivity (Wildman–Crippen MR) is 105 cm³/mol. The average molecular weight is 346 g/mol. The van der Waals surface area contributed by atoms with Crippen LogP contribution in [0.25, 0.3) is 16.5 Å². The molecule has 1 unspecified atom stereocenters. The van der Waals surface area contributed by atoms with Crippen molar-refractivity contribution in [3.05, 3.63) is 87.3 Å². The van der Waals surface area contributed by atoms with E-state index in [1.807, 2.05) is 13.0 Å². The minimum absolute atomic E-state index is 0.257. The molecule has 0 amide bonds. The van der Waals surface area contributed by atoms with E-state index in [-0.39, 0.29) is 5.63 Å². The van der Waals surface area contributed by atoms with Crippen LogP contribution in [-0.2, 0) is 6.54 Å². The van der Waals surface area contributed by atoms with Gasteiger partial charge in [0.25, 0.3) is 0 Å². The lowest BCUT2D eigenvalue weighted by molar-refractivity contribution is -0.908. The van der Waals surface area contributed by atoms with E-state index in [4.69, 9.17) is 4.42 Å². The molecule has 3 aromatic rings. The molecular weight excluding hydrogens is 322 g/mol. The van der Waals surface area contributed by atoms with Crippen LogP contribution < -0.4 is 10.5 Å². The summed E-state index contributed by atoms with van der Waals surface area (Å²) >= 11 is 0. The third kappa shape index (κ3) is 3.35. The fourth-order valence-electron chi connectivity index (χ4n) is 3.76. The number of hydrogen-bond donors (Lipinski definition) is 1. The zero-order valence-electron chi connectivity index (χ0n) is 15.3. The Hall–Kier alpha value is -2.65. The van der Waals surface area contributed by atoms with Gasteiger partial charge in [-0.25, -0.2) is 4.79 Å². The van der Waals surface area contributed by atoms with E-state index in [1.54, 1.807) is 6.07 Å². The number of aryl methyl sites for hydroxylation is 2. The summed E-state index contributed by atoms with van der Waals surface area (Å²) in [4.78, 5) is 13.5. The van der Waals surface area contributed by atoms with E-state index < -0.39 is 0 Å². The van der Waals surface area contributed by atoms with E-state index >= 15 is 0 Å². The number of quaternary nitrogens is 1. The molecule has 0 fully saturated rings. The summed E-state index contributed by atoms with van der Waals surface area (Å²) in [7, 11) is 0. The maximum Gasteiger partial charge on any atom is 0.336 e. The van der Waals surface area contributed by atoms with E-state index in [2.05, 4.69) is 49.4 Å². The smallest absolute Gasteiger partial charge is 0.336 e. The van der Waals surface area contributed by atoms with Gasteiger partial charge < -0.3 is 9.32 Å². The molecule has 1 aliphatic heterocycles. The highest BCUT2D eigenvalue weighted by molar-refractivity contribution is 5.81. The molecule has 3 heteroatoms. The largest absolute Gasteiger partial charge is 0.423 e. The van der Waals surface area contributed by atoms with Crippen molar-refractivity contribution in [1.82, 2.24) is 0 Å². The molecule has 0 spiro atoms. The second-order valence-electron chi connectivity index (χ2n) is 7.25. The van der Waals surface area contributed by atoms with Gasteiger partial charge in [-0.3, -0.25) is 0 Å². The standard InChI is InChI=1S/C23H23NO2/c1-16-12-21-20(14-23(25)26-22(21)13-17(16)2)15-24-10-8-19(9-11-24)18-6-4-3-5-7-18/h3-8,12-14H,9-11,15H2,1-2H3/p+1. The van der Waals surface area contributed by atoms with Crippen LogP contribution in [-0.4, -0.2) is 13.1 Å². The van der Waals surface area contributed by atoms with Crippen molar-refractivity contribution in [2.24, 2.45) is 0 Å². The summed E-state index contributed by atoms with van der Waals surface area (Å²) in [5.41, 5.74) is 6.67. The molecule has 0 radical (unpaired) electrons. The monoisotopic (exact) mass is 346 g/mol. The molecule has 0 saturated heterocycles. The third-order valence-corrected chi connectivity index (χ3v) is 5.41. The van der Waals surface area contributed by atoms with Gasteiger partial charge >= 0.3 is 5.63 Å². The number of fused-ring (bicyclic) bond motifs is 1. The Balaban J connectivity index is 1.60. The van der Waals surface area contributed by atoms with Crippen LogP contribution in [0.15, 0.2) is 63.8 Å². The maximum absolute atomic E-state index is 12.0. The minimum atomic E-state index is -0.257. The number of rotatable bonds is 3. The first-order valence-corrected chi connectivity index (χ1v) is 9.22. The minimum Gasteiger partial charge on any atom is -0.423 e. The first kappa shape index (κ1) is 16.8. The highest BCUT2D eigenvalue weighted by Gasteiger charge is 2.18. The lowest BCUT2D eigenvalue weighted by Gasteiger charge is -2.24. The van der Waals surface area contributed by atoms with Crippen molar-refractivity contribution in [2.75, 3.05) is 13.1 Å². The van der Waals surface area contributed by atoms with Crippen molar-refractivity contribution in [3.8, 4) is 0 Å². The molecule has 1 N–H and O–H groups in total. The van der Waals surface area contributed by atoms with Crippen LogP contribution in [0.5, 0.6) is 0 Å². The summed E-state index contributed by atoms with van der Waals surface area (Å²) < 4.78 is 5.43. The number of hydrogen-bond acceptors (Lipinski definition) is 2. The maximum atomic E-state index is 12.0. The summed E-state index contributed by atoms with van der Waals surface area (Å²) in [5.74, 6) is 0. The molecule has 0 bridgehead atoms. The van der Waals surface area contributed by atoms with Crippen molar-refractivity contribution in [2.45, 2.75) is 26.8 Å². The fourth-order valence-corrected chi connectivity index (χ4v) is 3.76. The molecule has 2 heterocycles. The Labute approximate surface area is 153 Å². The molecule has 0 aliphatic carbocycles. The molecule has 26 heavy (non-hydrogen) atoms. The highest BCUT2D eigenvalue weighted by atomic mass is 16.4. The Bertz CT molecular complexity index is 1030. The van der Waals surface area contributed by atoms with Crippen molar-refractivity contribution < 1.29 is 9.32 Å². The van der Waals surface area contributed by atoms with E-state index in [1.165, 1.54) is 21.6 Å². The van der Waals surface area contributed by atoms with Crippen molar-refractivity contribution >= 4 is 16.5 Å². The van der Waals surface area contributed by atoms with E-state index in [0.29, 0.717) is 5.58 Å². The summed E-state index contributed by atoms with van der Waals surface area (Å²) in [6.07, 6.45) is 3.41. The molecule has 1 aliphatic rings. The topological polar surface area (TPSA) is 34.6 Å². The van der Waals surface area contributed by atoms with Gasteiger partial charge in [-0.2, -0.15) is 0 Å². The van der Waals surface area contributed by atoms with Crippen molar-refractivity contribution in [3.63, 3.8) is 0 Å². The third-order valence-electron chi connectivity index (χ3n) is 5.41. The molecule has 1 aromatic heterocycles. The predicted octanol–water partition coefficient (Wildman–Crippen LogP) is 3.28. The van der Waals surface area contributed by atoms with Gasteiger partial charge in [-0.15, -0.1) is 0 Å². The highest BCUT2D eigenvalue weighted by Crippen LogP contribution is 2.22. The van der Waals surface area contributed by atoms with Gasteiger partial charge in [0.05, 0.1) is 13.1 Å². The Morgan fingerprint density at radius 3 is 2.54 bits per heavy atom. The van der Waals surface area contributed by atoms with Crippen LogP contribution in [0.1, 0.15) is 28.7 Å². The van der Waals surface area contributed by atoms with Gasteiger partial charge in [0, 0.05) is 23.4 Å². The molecule has 132 valence electrons. The Kier molecular flexibility index (Phi) is 4.48. The zero-order valence-corrected chi connectivity index (χ0v) is 15.3. The first-order chi connectivity index (χ1) is 12.6. The van der Waals surface area contributed by atoms with Gasteiger partial charge in [0.2, 0.25) is 0 Å². The van der Waals surface area contributed by atoms with Crippen LogP contribution in [0.3, 0.4) is 0 Å². The first-order valence-electron chi connectivity index (χ1n) is 9.22. The Morgan fingerprint density at radius 2 is 1.81 bits per heavy atom. The normalized spacial score (nSPS) is 17.3. The molecular formula is C23H24NO2+. The van der Waals surface area contributed by atoms with Gasteiger partial charge in [0.15, 0.2) is 0 Å².